The van der Waals surface area contributed by atoms with Crippen molar-refractivity contribution in [3.63, 3.8) is 0 Å². The first-order valence-electron chi connectivity index (χ1n) is 3.78. The molecule has 0 saturated carbocycles. The molecule has 0 amide bonds. The molecule has 0 saturated heterocycles. The van der Waals surface area contributed by atoms with Gasteiger partial charge < -0.3 is 5.11 Å². The van der Waals surface area contributed by atoms with Crippen LogP contribution in [0.5, 0.6) is 5.75 Å². The van der Waals surface area contributed by atoms with Crippen LogP contribution in [0.3, 0.4) is 0 Å². The molecule has 0 aliphatic rings. The number of aryl methyl sites for hydroxylation is 1. The van der Waals surface area contributed by atoms with E-state index in [1.54, 1.807) is 12.1 Å². The highest BCUT2D eigenvalue weighted by molar-refractivity contribution is 9.11. The van der Waals surface area contributed by atoms with Crippen molar-refractivity contribution in [2.24, 2.45) is 0 Å². The average Bonchev–Trinajstić information content (AvgIpc) is 2.22. The van der Waals surface area contributed by atoms with Crippen LogP contribution in [0.4, 0.5) is 0 Å². The third-order valence-corrected chi connectivity index (χ3v) is 3.24. The van der Waals surface area contributed by atoms with E-state index in [-0.39, 0.29) is 11.2 Å². The third kappa shape index (κ3) is 2.11. The van der Waals surface area contributed by atoms with Crippen LogP contribution in [0.2, 0.25) is 0 Å². The Hall–Kier alpha value is -0.350. The first-order chi connectivity index (χ1) is 6.07. The van der Waals surface area contributed by atoms with E-state index in [1.165, 1.54) is 0 Å². The Labute approximate surface area is 92.9 Å². The zero-order chi connectivity index (χ0) is 10.0. The molecule has 70 valence electrons. The maximum Gasteiger partial charge on any atom is 0.235 e. The molecule has 0 aliphatic heterocycles. The van der Waals surface area contributed by atoms with Crippen LogP contribution in [0.15, 0.2) is 25.9 Å². The molecule has 0 fully saturated rings. The molecule has 13 heavy (non-hydrogen) atoms. The Morgan fingerprint density at radius 3 is 2.54 bits per heavy atom. The second kappa shape index (κ2) is 4.24. The Kier molecular flexibility index (Phi) is 3.50. The van der Waals surface area contributed by atoms with Crippen LogP contribution in [0, 0.1) is 0 Å². The highest BCUT2D eigenvalue weighted by atomic mass is 79.9. The van der Waals surface area contributed by atoms with Crippen molar-refractivity contribution in [2.75, 3.05) is 0 Å². The number of hydrogen-bond acceptors (Lipinski definition) is 2. The van der Waals surface area contributed by atoms with Crippen LogP contribution in [0.25, 0.3) is 0 Å². The van der Waals surface area contributed by atoms with Crippen molar-refractivity contribution in [3.05, 3.63) is 36.9 Å². The van der Waals surface area contributed by atoms with Crippen molar-refractivity contribution in [1.29, 1.82) is 0 Å². The summed E-state index contributed by atoms with van der Waals surface area (Å²) < 4.78 is 0.844. The van der Waals surface area contributed by atoms with Gasteiger partial charge in [0.2, 0.25) is 5.43 Å². The standard InChI is InChI=1S/C9H8Br2O2/c1-2-5-3-4-6(10)8(12)9(13)7(5)11/h3-4H,2H2,1H3,(H,12,13). The van der Waals surface area contributed by atoms with Crippen LogP contribution in [-0.2, 0) is 6.42 Å². The van der Waals surface area contributed by atoms with Crippen LogP contribution >= 0.6 is 31.9 Å². The van der Waals surface area contributed by atoms with E-state index in [0.717, 1.165) is 12.0 Å². The smallest absolute Gasteiger partial charge is 0.235 e. The van der Waals surface area contributed by atoms with Gasteiger partial charge in [0, 0.05) is 0 Å². The van der Waals surface area contributed by atoms with Gasteiger partial charge in [0.05, 0.1) is 8.95 Å². The lowest BCUT2D eigenvalue weighted by molar-refractivity contribution is 0.467. The molecule has 0 heterocycles. The minimum atomic E-state index is -0.381. The van der Waals surface area contributed by atoms with E-state index in [4.69, 9.17) is 0 Å². The minimum Gasteiger partial charge on any atom is -0.503 e. The predicted octanol–water partition coefficient (Wildman–Crippen LogP) is 2.84. The molecule has 1 N–H and O–H groups in total. The van der Waals surface area contributed by atoms with Gasteiger partial charge in [0.1, 0.15) is 0 Å². The molecule has 0 spiro atoms. The summed E-state index contributed by atoms with van der Waals surface area (Å²) in [6, 6.07) is 3.47. The van der Waals surface area contributed by atoms with Crippen molar-refractivity contribution < 1.29 is 5.11 Å². The molecule has 0 aromatic heterocycles. The molecule has 0 radical (unpaired) electrons. The van der Waals surface area contributed by atoms with Crippen molar-refractivity contribution in [2.45, 2.75) is 13.3 Å². The van der Waals surface area contributed by atoms with Gasteiger partial charge in [0.15, 0.2) is 5.75 Å². The van der Waals surface area contributed by atoms with Gasteiger partial charge in [0.25, 0.3) is 0 Å². The molecule has 0 bridgehead atoms. The quantitative estimate of drug-likeness (QED) is 0.866. The second-order valence-electron chi connectivity index (χ2n) is 2.55. The van der Waals surface area contributed by atoms with Gasteiger partial charge in [-0.2, -0.15) is 0 Å². The van der Waals surface area contributed by atoms with E-state index in [9.17, 15) is 9.90 Å². The van der Waals surface area contributed by atoms with Crippen LogP contribution in [0.1, 0.15) is 12.5 Å². The summed E-state index contributed by atoms with van der Waals surface area (Å²) in [5.74, 6) is -0.258. The van der Waals surface area contributed by atoms with Crippen LogP contribution < -0.4 is 5.43 Å². The summed E-state index contributed by atoms with van der Waals surface area (Å²) in [7, 11) is 0. The monoisotopic (exact) mass is 306 g/mol. The molecule has 1 aromatic rings. The lowest BCUT2D eigenvalue weighted by atomic mass is 10.2. The van der Waals surface area contributed by atoms with Crippen molar-refractivity contribution in [3.8, 4) is 5.75 Å². The first-order valence-corrected chi connectivity index (χ1v) is 5.36. The maximum atomic E-state index is 11.4. The summed E-state index contributed by atoms with van der Waals surface area (Å²) in [5, 5.41) is 9.38. The fourth-order valence-corrected chi connectivity index (χ4v) is 1.87. The summed E-state index contributed by atoms with van der Waals surface area (Å²) in [4.78, 5) is 11.4. The largest absolute Gasteiger partial charge is 0.503 e. The zero-order valence-electron chi connectivity index (χ0n) is 6.97. The van der Waals surface area contributed by atoms with E-state index in [0.29, 0.717) is 8.95 Å². The third-order valence-electron chi connectivity index (χ3n) is 1.73. The molecule has 0 atom stereocenters. The summed E-state index contributed by atoms with van der Waals surface area (Å²) >= 11 is 6.26. The Morgan fingerprint density at radius 1 is 1.38 bits per heavy atom. The molecule has 0 unspecified atom stereocenters. The summed E-state index contributed by atoms with van der Waals surface area (Å²) in [5.41, 5.74) is 0.500. The Balaban J connectivity index is 3.63. The van der Waals surface area contributed by atoms with Gasteiger partial charge in [-0.3, -0.25) is 4.79 Å². The summed E-state index contributed by atoms with van der Waals surface area (Å²) in [6.07, 6.45) is 0.746. The van der Waals surface area contributed by atoms with Gasteiger partial charge in [-0.1, -0.05) is 13.0 Å². The number of rotatable bonds is 1. The van der Waals surface area contributed by atoms with E-state index in [1.807, 2.05) is 6.92 Å². The first kappa shape index (κ1) is 10.7. The number of halogens is 2. The maximum absolute atomic E-state index is 11.4. The molecule has 0 aliphatic carbocycles. The number of aromatic hydroxyl groups is 1. The topological polar surface area (TPSA) is 37.3 Å². The SMILES string of the molecule is CCc1ccc(Br)c(O)c(=O)c1Br. The molecule has 2 nitrogen and oxygen atoms in total. The van der Waals surface area contributed by atoms with Gasteiger partial charge in [-0.25, -0.2) is 0 Å². The lowest BCUT2D eigenvalue weighted by Gasteiger charge is -1.91. The Bertz CT molecular complexity index is 388. The minimum absolute atomic E-state index is 0.258. The predicted molar refractivity (Wildman–Crippen MR) is 59.2 cm³/mol. The van der Waals surface area contributed by atoms with Crippen LogP contribution in [-0.4, -0.2) is 5.11 Å². The zero-order valence-corrected chi connectivity index (χ0v) is 10.1. The van der Waals surface area contributed by atoms with Gasteiger partial charge in [-0.05, 0) is 49.9 Å². The molecular weight excluding hydrogens is 300 g/mol. The molecule has 1 aromatic carbocycles. The fraction of sp³-hybridized carbons (Fsp3) is 0.222. The lowest BCUT2D eigenvalue weighted by Crippen LogP contribution is -2.00. The van der Waals surface area contributed by atoms with Crippen molar-refractivity contribution >= 4 is 31.9 Å². The molecule has 4 heteroatoms. The van der Waals surface area contributed by atoms with Gasteiger partial charge >= 0.3 is 0 Å². The normalized spacial score (nSPS) is 10.1. The van der Waals surface area contributed by atoms with E-state index >= 15 is 0 Å². The second-order valence-corrected chi connectivity index (χ2v) is 4.20. The average molecular weight is 308 g/mol. The molecular formula is C9H8Br2O2. The Morgan fingerprint density at radius 2 is 2.00 bits per heavy atom. The van der Waals surface area contributed by atoms with Gasteiger partial charge in [-0.15, -0.1) is 0 Å². The highest BCUT2D eigenvalue weighted by Crippen LogP contribution is 2.22. The molecule has 1 rings (SSSR count). The van der Waals surface area contributed by atoms with E-state index < -0.39 is 0 Å². The number of hydrogen-bond donors (Lipinski definition) is 1. The van der Waals surface area contributed by atoms with E-state index in [2.05, 4.69) is 31.9 Å². The highest BCUT2D eigenvalue weighted by Gasteiger charge is 2.07. The summed E-state index contributed by atoms with van der Waals surface area (Å²) in [6.45, 7) is 1.95. The fourth-order valence-electron chi connectivity index (χ4n) is 0.957. The van der Waals surface area contributed by atoms with Crippen molar-refractivity contribution in [1.82, 2.24) is 0 Å².